The maximum atomic E-state index is 12.0. The Morgan fingerprint density at radius 2 is 1.92 bits per heavy atom. The van der Waals surface area contributed by atoms with E-state index in [9.17, 15) is 4.79 Å². The fourth-order valence-electron chi connectivity index (χ4n) is 2.89. The van der Waals surface area contributed by atoms with Crippen LogP contribution in [0.3, 0.4) is 0 Å². The van der Waals surface area contributed by atoms with Gasteiger partial charge in [0.05, 0.1) is 17.6 Å². The molecule has 6 heteroatoms. The predicted molar refractivity (Wildman–Crippen MR) is 104 cm³/mol. The first kappa shape index (κ1) is 17.8. The molecule has 3 aromatic rings. The molecule has 0 aliphatic rings. The number of rotatable bonds is 7. The summed E-state index contributed by atoms with van der Waals surface area (Å²) in [4.78, 5) is 16.5. The molecule has 0 bridgehead atoms. The lowest BCUT2D eigenvalue weighted by Crippen LogP contribution is -2.30. The Bertz CT molecular complexity index is 871. The molecular formula is C20H24N4O2. The lowest BCUT2D eigenvalue weighted by molar-refractivity contribution is 0.252. The van der Waals surface area contributed by atoms with Crippen LogP contribution in [0.5, 0.6) is 5.75 Å². The summed E-state index contributed by atoms with van der Waals surface area (Å²) < 4.78 is 7.57. The number of carbonyl (C=O) groups excluding carboxylic acids is 1. The predicted octanol–water partition coefficient (Wildman–Crippen LogP) is 3.96. The maximum absolute atomic E-state index is 12.0. The molecule has 2 amide bonds. The van der Waals surface area contributed by atoms with Crippen molar-refractivity contribution >= 4 is 22.8 Å². The first-order valence-electron chi connectivity index (χ1n) is 8.87. The molecule has 0 unspecified atom stereocenters. The van der Waals surface area contributed by atoms with Gasteiger partial charge in [-0.3, -0.25) is 0 Å². The Morgan fingerprint density at radius 3 is 2.69 bits per heavy atom. The van der Waals surface area contributed by atoms with Crippen molar-refractivity contribution in [2.75, 3.05) is 18.5 Å². The molecule has 0 spiro atoms. The van der Waals surface area contributed by atoms with Crippen LogP contribution in [-0.2, 0) is 6.54 Å². The summed E-state index contributed by atoms with van der Waals surface area (Å²) in [5.41, 5.74) is 2.87. The number of amides is 2. The number of hydrogen-bond acceptors (Lipinski definition) is 3. The van der Waals surface area contributed by atoms with Gasteiger partial charge < -0.3 is 19.9 Å². The first-order chi connectivity index (χ1) is 12.7. The molecule has 0 radical (unpaired) electrons. The van der Waals surface area contributed by atoms with Crippen molar-refractivity contribution in [1.82, 2.24) is 14.9 Å². The highest BCUT2D eigenvalue weighted by atomic mass is 16.5. The fraction of sp³-hybridized carbons (Fsp3) is 0.300. The van der Waals surface area contributed by atoms with E-state index in [4.69, 9.17) is 4.74 Å². The summed E-state index contributed by atoms with van der Waals surface area (Å²) in [6.45, 7) is 5.98. The van der Waals surface area contributed by atoms with Gasteiger partial charge >= 0.3 is 6.03 Å². The van der Waals surface area contributed by atoms with Crippen molar-refractivity contribution < 1.29 is 9.53 Å². The minimum Gasteiger partial charge on any atom is -0.494 e. The van der Waals surface area contributed by atoms with E-state index in [1.165, 1.54) is 0 Å². The molecule has 2 N–H and O–H groups in total. The van der Waals surface area contributed by atoms with Gasteiger partial charge in [0.25, 0.3) is 0 Å². The van der Waals surface area contributed by atoms with Gasteiger partial charge in [-0.1, -0.05) is 12.1 Å². The molecule has 0 saturated heterocycles. The van der Waals surface area contributed by atoms with Crippen LogP contribution in [0.4, 0.5) is 10.5 Å². The standard InChI is InChI=1S/C20H24N4O2/c1-3-26-17-11-9-16(10-12-17)23-20(25)21-13-6-14-24-15(2)22-18-7-4-5-8-19(18)24/h4-5,7-12H,3,6,13-14H2,1-2H3,(H2,21,23,25). The molecule has 0 saturated carbocycles. The second-order valence-corrected chi connectivity index (χ2v) is 5.99. The van der Waals surface area contributed by atoms with E-state index in [1.807, 2.05) is 56.3 Å². The van der Waals surface area contributed by atoms with Crippen molar-refractivity contribution in [2.45, 2.75) is 26.8 Å². The summed E-state index contributed by atoms with van der Waals surface area (Å²) in [7, 11) is 0. The highest BCUT2D eigenvalue weighted by molar-refractivity contribution is 5.89. The lowest BCUT2D eigenvalue weighted by atomic mass is 10.3. The summed E-state index contributed by atoms with van der Waals surface area (Å²) in [5.74, 6) is 1.78. The van der Waals surface area contributed by atoms with Gasteiger partial charge in [-0.2, -0.15) is 0 Å². The monoisotopic (exact) mass is 352 g/mol. The fourth-order valence-corrected chi connectivity index (χ4v) is 2.89. The van der Waals surface area contributed by atoms with Crippen LogP contribution in [0.1, 0.15) is 19.2 Å². The Hall–Kier alpha value is -3.02. The molecule has 6 nitrogen and oxygen atoms in total. The van der Waals surface area contributed by atoms with Gasteiger partial charge in [0.1, 0.15) is 11.6 Å². The molecule has 0 atom stereocenters. The summed E-state index contributed by atoms with van der Waals surface area (Å²) >= 11 is 0. The van der Waals surface area contributed by atoms with Gasteiger partial charge in [0.15, 0.2) is 0 Å². The quantitative estimate of drug-likeness (QED) is 0.633. The zero-order valence-corrected chi connectivity index (χ0v) is 15.2. The Balaban J connectivity index is 1.45. The topological polar surface area (TPSA) is 68.2 Å². The minimum absolute atomic E-state index is 0.207. The number of benzene rings is 2. The highest BCUT2D eigenvalue weighted by Crippen LogP contribution is 2.16. The molecule has 1 aromatic heterocycles. The number of nitrogens with one attached hydrogen (secondary N) is 2. The second kappa shape index (κ2) is 8.38. The van der Waals surface area contributed by atoms with Gasteiger partial charge in [0, 0.05) is 18.8 Å². The van der Waals surface area contributed by atoms with Crippen LogP contribution in [0, 0.1) is 6.92 Å². The smallest absolute Gasteiger partial charge is 0.319 e. The lowest BCUT2D eigenvalue weighted by Gasteiger charge is -2.10. The summed E-state index contributed by atoms with van der Waals surface area (Å²) in [5, 5.41) is 5.71. The van der Waals surface area contributed by atoms with Crippen molar-refractivity contribution in [3.05, 3.63) is 54.4 Å². The summed E-state index contributed by atoms with van der Waals surface area (Å²) in [6, 6.07) is 15.2. The number of urea groups is 1. The number of aryl methyl sites for hydroxylation is 2. The van der Waals surface area contributed by atoms with Gasteiger partial charge in [-0.15, -0.1) is 0 Å². The molecule has 1 heterocycles. The molecule has 0 aliphatic heterocycles. The second-order valence-electron chi connectivity index (χ2n) is 5.99. The average Bonchev–Trinajstić information content (AvgIpc) is 2.96. The Morgan fingerprint density at radius 1 is 1.15 bits per heavy atom. The van der Waals surface area contributed by atoms with Crippen LogP contribution >= 0.6 is 0 Å². The third kappa shape index (κ3) is 4.33. The SMILES string of the molecule is CCOc1ccc(NC(=O)NCCCn2c(C)nc3ccccc32)cc1. The van der Waals surface area contributed by atoms with E-state index in [0.717, 1.165) is 41.3 Å². The van der Waals surface area contributed by atoms with E-state index in [1.54, 1.807) is 0 Å². The van der Waals surface area contributed by atoms with Crippen molar-refractivity contribution in [3.63, 3.8) is 0 Å². The summed E-state index contributed by atoms with van der Waals surface area (Å²) in [6.07, 6.45) is 0.831. The number of ether oxygens (including phenoxy) is 1. The van der Waals surface area contributed by atoms with E-state index < -0.39 is 0 Å². The number of fused-ring (bicyclic) bond motifs is 1. The van der Waals surface area contributed by atoms with E-state index in [0.29, 0.717) is 13.2 Å². The van der Waals surface area contributed by atoms with E-state index in [-0.39, 0.29) is 6.03 Å². The first-order valence-corrected chi connectivity index (χ1v) is 8.87. The molecule has 2 aromatic carbocycles. The number of para-hydroxylation sites is 2. The zero-order valence-electron chi connectivity index (χ0n) is 15.2. The molecular weight excluding hydrogens is 328 g/mol. The highest BCUT2D eigenvalue weighted by Gasteiger charge is 2.06. The number of nitrogens with zero attached hydrogens (tertiary/aromatic N) is 2. The number of carbonyl (C=O) groups is 1. The van der Waals surface area contributed by atoms with Gasteiger partial charge in [-0.25, -0.2) is 9.78 Å². The van der Waals surface area contributed by atoms with Gasteiger partial charge in [0.2, 0.25) is 0 Å². The molecule has 0 fully saturated rings. The Kier molecular flexibility index (Phi) is 5.73. The average molecular weight is 352 g/mol. The van der Waals surface area contributed by atoms with Crippen molar-refractivity contribution in [1.29, 1.82) is 0 Å². The van der Waals surface area contributed by atoms with Crippen LogP contribution in [0.2, 0.25) is 0 Å². The number of imidazole rings is 1. The molecule has 0 aliphatic carbocycles. The number of aromatic nitrogens is 2. The van der Waals surface area contributed by atoms with Crippen LogP contribution < -0.4 is 15.4 Å². The van der Waals surface area contributed by atoms with E-state index >= 15 is 0 Å². The van der Waals surface area contributed by atoms with Crippen LogP contribution in [0.25, 0.3) is 11.0 Å². The third-order valence-corrected chi connectivity index (χ3v) is 4.11. The maximum Gasteiger partial charge on any atom is 0.319 e. The van der Waals surface area contributed by atoms with E-state index in [2.05, 4.69) is 26.3 Å². The zero-order chi connectivity index (χ0) is 18.4. The minimum atomic E-state index is -0.207. The molecule has 136 valence electrons. The van der Waals surface area contributed by atoms with Crippen molar-refractivity contribution in [3.8, 4) is 5.75 Å². The van der Waals surface area contributed by atoms with Gasteiger partial charge in [-0.05, 0) is 56.7 Å². The van der Waals surface area contributed by atoms with Crippen molar-refractivity contribution in [2.24, 2.45) is 0 Å². The molecule has 26 heavy (non-hydrogen) atoms. The molecule has 3 rings (SSSR count). The van der Waals surface area contributed by atoms with Crippen LogP contribution in [0.15, 0.2) is 48.5 Å². The third-order valence-electron chi connectivity index (χ3n) is 4.11. The number of anilines is 1. The largest absolute Gasteiger partial charge is 0.494 e. The number of hydrogen-bond donors (Lipinski definition) is 2. The Labute approximate surface area is 153 Å². The normalized spacial score (nSPS) is 10.7. The van der Waals surface area contributed by atoms with Crippen LogP contribution in [-0.4, -0.2) is 28.7 Å².